The molecule has 0 N–H and O–H groups in total. The first-order valence-electron chi connectivity index (χ1n) is 13.4. The summed E-state index contributed by atoms with van der Waals surface area (Å²) < 4.78 is 25.9. The normalized spacial score (nSPS) is 12.3. The summed E-state index contributed by atoms with van der Waals surface area (Å²) in [6, 6.07) is 6.90. The lowest BCUT2D eigenvalue weighted by atomic mass is 10.2. The van der Waals surface area contributed by atoms with Crippen LogP contribution < -0.4 is 0 Å². The van der Waals surface area contributed by atoms with E-state index < -0.39 is 65.6 Å². The second kappa shape index (κ2) is 14.7. The first-order valence-corrected chi connectivity index (χ1v) is 13.4. The average molecular weight is 610 g/mol. The third-order valence-corrected chi connectivity index (χ3v) is 4.85. The van der Waals surface area contributed by atoms with Crippen LogP contribution in [0.4, 0.5) is 19.2 Å². The van der Waals surface area contributed by atoms with Crippen LogP contribution in [-0.2, 0) is 39.9 Å². The maximum Gasteiger partial charge on any atom is 0.439 e. The maximum absolute atomic E-state index is 13.8. The van der Waals surface area contributed by atoms with Crippen molar-refractivity contribution in [1.29, 1.82) is 0 Å². The predicted octanol–water partition coefficient (Wildman–Crippen LogP) is 5.04. The zero-order valence-corrected chi connectivity index (χ0v) is 26.7. The van der Waals surface area contributed by atoms with Gasteiger partial charge in [0.25, 0.3) is 5.91 Å². The van der Waals surface area contributed by atoms with Gasteiger partial charge in [0.15, 0.2) is 0 Å². The summed E-state index contributed by atoms with van der Waals surface area (Å²) in [5, 5.41) is 0.582. The van der Waals surface area contributed by atoms with E-state index >= 15 is 0 Å². The first-order chi connectivity index (χ1) is 19.6. The highest BCUT2D eigenvalue weighted by molar-refractivity contribution is 5.97. The lowest BCUT2D eigenvalue weighted by molar-refractivity contribution is -0.165. The lowest BCUT2D eigenvalue weighted by Gasteiger charge is -2.37. The quantitative estimate of drug-likeness (QED) is 0.242. The molecule has 1 aromatic rings. The largest absolute Gasteiger partial charge is 0.467 e. The molecule has 5 amide bonds. The highest BCUT2D eigenvalue weighted by atomic mass is 16.6. The minimum absolute atomic E-state index is 0.184. The number of hydrogen-bond acceptors (Lipinski definition) is 11. The Bertz CT molecular complexity index is 1140. The third-order valence-electron chi connectivity index (χ3n) is 4.85. The molecule has 1 aromatic carbocycles. The van der Waals surface area contributed by atoms with Crippen molar-refractivity contribution < 1.29 is 52.5 Å². The Morgan fingerprint density at radius 3 is 1.56 bits per heavy atom. The Kier molecular flexibility index (Phi) is 12.5. The van der Waals surface area contributed by atoms with E-state index in [0.717, 1.165) is 14.0 Å². The smallest absolute Gasteiger partial charge is 0.439 e. The second-order valence-corrected chi connectivity index (χ2v) is 12.3. The summed E-state index contributed by atoms with van der Waals surface area (Å²) in [7, 11) is 1.03. The molecule has 43 heavy (non-hydrogen) atoms. The van der Waals surface area contributed by atoms with Crippen molar-refractivity contribution in [3.63, 3.8) is 0 Å². The number of carbonyl (C=O) groups is 6. The molecule has 0 aliphatic carbocycles. The van der Waals surface area contributed by atoms with E-state index in [4.69, 9.17) is 23.7 Å². The van der Waals surface area contributed by atoms with E-state index in [2.05, 4.69) is 0 Å². The minimum atomic E-state index is -1.64. The molecule has 0 aliphatic heterocycles. The van der Waals surface area contributed by atoms with Gasteiger partial charge >= 0.3 is 30.3 Å². The highest BCUT2D eigenvalue weighted by Gasteiger charge is 2.44. The van der Waals surface area contributed by atoms with Gasteiger partial charge in [-0.3, -0.25) is 4.79 Å². The molecule has 0 saturated carbocycles. The van der Waals surface area contributed by atoms with Crippen molar-refractivity contribution in [2.45, 2.75) is 98.7 Å². The van der Waals surface area contributed by atoms with Gasteiger partial charge in [0, 0.05) is 0 Å². The number of hydrogen-bond donors (Lipinski definition) is 0. The molecule has 0 saturated heterocycles. The highest BCUT2D eigenvalue weighted by Crippen LogP contribution is 2.20. The van der Waals surface area contributed by atoms with Crippen LogP contribution in [0.2, 0.25) is 0 Å². The Labute approximate surface area is 252 Å². The number of benzene rings is 1. The zero-order valence-electron chi connectivity index (χ0n) is 26.7. The molecule has 0 aromatic heterocycles. The van der Waals surface area contributed by atoms with Gasteiger partial charge in [-0.1, -0.05) is 30.3 Å². The minimum Gasteiger partial charge on any atom is -0.467 e. The average Bonchev–Trinajstić information content (AvgIpc) is 2.85. The van der Waals surface area contributed by atoms with Crippen LogP contribution >= 0.6 is 0 Å². The van der Waals surface area contributed by atoms with E-state index in [1.807, 2.05) is 0 Å². The van der Waals surface area contributed by atoms with Gasteiger partial charge in [0.05, 0.1) is 7.11 Å². The Hall–Kier alpha value is -4.36. The van der Waals surface area contributed by atoms with Crippen LogP contribution in [0, 0.1) is 0 Å². The van der Waals surface area contributed by atoms with Crippen LogP contribution in [-0.4, -0.2) is 87.7 Å². The topological polar surface area (TPSA) is 158 Å². The molecule has 0 aliphatic rings. The number of carbonyl (C=O) groups excluding carboxylic acids is 6. The van der Waals surface area contributed by atoms with E-state index in [1.165, 1.54) is 41.5 Å². The summed E-state index contributed by atoms with van der Waals surface area (Å²) in [5.41, 5.74) is -2.79. The van der Waals surface area contributed by atoms with Crippen LogP contribution in [0.25, 0.3) is 0 Å². The van der Waals surface area contributed by atoms with Gasteiger partial charge in [-0.05, 0) is 74.8 Å². The summed E-state index contributed by atoms with van der Waals surface area (Å²) in [5.74, 6) is -2.29. The molecule has 240 valence electrons. The van der Waals surface area contributed by atoms with Crippen molar-refractivity contribution >= 4 is 36.2 Å². The third kappa shape index (κ3) is 12.6. The molecule has 0 fully saturated rings. The molecule has 0 spiro atoms. The Morgan fingerprint density at radius 2 is 1.14 bits per heavy atom. The molecule has 1 atom stereocenters. The summed E-state index contributed by atoms with van der Waals surface area (Å²) in [6.45, 7) is 13.5. The number of esters is 1. The number of rotatable bonds is 6. The summed E-state index contributed by atoms with van der Waals surface area (Å²) >= 11 is 0. The summed E-state index contributed by atoms with van der Waals surface area (Å²) in [6.07, 6.45) is -5.27. The number of ether oxygens (including phenoxy) is 5. The van der Waals surface area contributed by atoms with Gasteiger partial charge in [-0.25, -0.2) is 33.9 Å². The van der Waals surface area contributed by atoms with Gasteiger partial charge in [-0.15, -0.1) is 5.01 Å². The Morgan fingerprint density at radius 1 is 0.698 bits per heavy atom. The SMILES string of the molecule is COC(=O)C(C)N(C(=O)CN(C(=O)OCc1ccccc1)C(=O)OC(C)(C)C)N(C(=O)OC(C)(C)C)C(=O)OC(C)(C)C. The van der Waals surface area contributed by atoms with E-state index in [-0.39, 0.29) is 11.6 Å². The molecule has 0 bridgehead atoms. The van der Waals surface area contributed by atoms with E-state index in [0.29, 0.717) is 15.5 Å². The predicted molar refractivity (Wildman–Crippen MR) is 152 cm³/mol. The van der Waals surface area contributed by atoms with Crippen molar-refractivity contribution in [1.82, 2.24) is 14.9 Å². The van der Waals surface area contributed by atoms with E-state index in [9.17, 15) is 28.8 Å². The van der Waals surface area contributed by atoms with Crippen molar-refractivity contribution in [2.24, 2.45) is 0 Å². The Balaban J connectivity index is 3.61. The lowest BCUT2D eigenvalue weighted by Crippen LogP contribution is -2.62. The monoisotopic (exact) mass is 609 g/mol. The fraction of sp³-hybridized carbons (Fsp3) is 0.586. The van der Waals surface area contributed by atoms with Crippen LogP contribution in [0.3, 0.4) is 0 Å². The van der Waals surface area contributed by atoms with Crippen LogP contribution in [0.5, 0.6) is 0 Å². The maximum atomic E-state index is 13.8. The van der Waals surface area contributed by atoms with Gasteiger partial charge in [0.1, 0.15) is 36.0 Å². The molecule has 1 rings (SSSR count). The fourth-order valence-corrected chi connectivity index (χ4v) is 3.16. The van der Waals surface area contributed by atoms with Crippen molar-refractivity contribution in [2.75, 3.05) is 13.7 Å². The first kappa shape index (κ1) is 36.7. The molecular formula is C29H43N3O11. The molecule has 14 nitrogen and oxygen atoms in total. The molecule has 1 unspecified atom stereocenters. The standard InChI is InChI=1S/C29H43N3O11/c1-19(22(34)39-11)31(32(25(37)42-28(5,6)7)26(38)43-29(8,9)10)21(33)17-30(24(36)41-27(2,3)4)23(35)40-18-20-15-13-12-14-16-20/h12-16,19H,17-18H2,1-11H3. The molecular weight excluding hydrogens is 566 g/mol. The van der Waals surface area contributed by atoms with E-state index in [1.54, 1.807) is 51.1 Å². The number of nitrogens with zero attached hydrogens (tertiary/aromatic N) is 3. The molecule has 0 radical (unpaired) electrons. The fourth-order valence-electron chi connectivity index (χ4n) is 3.16. The van der Waals surface area contributed by atoms with Crippen LogP contribution in [0.15, 0.2) is 30.3 Å². The zero-order chi connectivity index (χ0) is 33.3. The number of imide groups is 2. The molecule has 14 heteroatoms. The van der Waals surface area contributed by atoms with Gasteiger partial charge in [0.2, 0.25) is 0 Å². The number of hydrazine groups is 1. The summed E-state index contributed by atoms with van der Waals surface area (Å²) in [4.78, 5) is 79.6. The number of methoxy groups -OCH3 is 1. The second-order valence-electron chi connectivity index (χ2n) is 12.3. The van der Waals surface area contributed by atoms with Gasteiger partial charge < -0.3 is 23.7 Å². The number of amides is 5. The van der Waals surface area contributed by atoms with Crippen molar-refractivity contribution in [3.05, 3.63) is 35.9 Å². The van der Waals surface area contributed by atoms with Crippen LogP contribution in [0.1, 0.15) is 74.8 Å². The van der Waals surface area contributed by atoms with Gasteiger partial charge in [-0.2, -0.15) is 0 Å². The van der Waals surface area contributed by atoms with Crippen molar-refractivity contribution in [3.8, 4) is 0 Å². The molecule has 0 heterocycles.